The molecule has 1 aromatic carbocycles. The van der Waals surface area contributed by atoms with E-state index in [1.54, 1.807) is 24.5 Å². The van der Waals surface area contributed by atoms with Crippen LogP contribution in [0.1, 0.15) is 0 Å². The molecule has 0 unspecified atom stereocenters. The van der Waals surface area contributed by atoms with Gasteiger partial charge in [0.15, 0.2) is 4.50 Å². The highest BCUT2D eigenvalue weighted by molar-refractivity contribution is 8.16. The second kappa shape index (κ2) is 4.82. The third-order valence-electron chi connectivity index (χ3n) is 1.40. The highest BCUT2D eigenvalue weighted by atomic mass is 35.5. The van der Waals surface area contributed by atoms with E-state index in [0.29, 0.717) is 0 Å². The average Bonchev–Trinajstić information content (AvgIpc) is 2.18. The largest absolute Gasteiger partial charge is 0.284 e. The molecule has 0 saturated heterocycles. The molecule has 0 N–H and O–H groups in total. The van der Waals surface area contributed by atoms with Crippen LogP contribution < -0.4 is 0 Å². The molecule has 0 spiro atoms. The van der Waals surface area contributed by atoms with E-state index in [4.69, 9.17) is 11.6 Å². The molecule has 0 aliphatic carbocycles. The van der Waals surface area contributed by atoms with Gasteiger partial charge in [0.05, 0.1) is 4.90 Å². The number of benzene rings is 1. The van der Waals surface area contributed by atoms with Crippen molar-refractivity contribution in [1.29, 1.82) is 0 Å². The number of hydrogen-bond acceptors (Lipinski definition) is 3. The minimum atomic E-state index is -3.64. The first-order valence-corrected chi connectivity index (χ1v) is 6.70. The fraction of sp³-hybridized carbons (Fsp3) is 0.125. The summed E-state index contributed by atoms with van der Waals surface area (Å²) >= 11 is 6.62. The van der Waals surface area contributed by atoms with Crippen LogP contribution in [0.15, 0.2) is 39.6 Å². The van der Waals surface area contributed by atoms with Crippen LogP contribution >= 0.6 is 23.4 Å². The van der Waals surface area contributed by atoms with Crippen LogP contribution in [0.25, 0.3) is 0 Å². The predicted molar refractivity (Wildman–Crippen MR) is 60.4 cm³/mol. The standard InChI is InChI=1S/C8H8ClNO2S2/c1-13-8(9)10-14(11,12)7-5-3-2-4-6-7/h2-6H,1H3. The average molecular weight is 250 g/mol. The maximum Gasteiger partial charge on any atom is 0.284 e. The van der Waals surface area contributed by atoms with Crippen molar-refractivity contribution in [2.75, 3.05) is 6.26 Å². The lowest BCUT2D eigenvalue weighted by molar-refractivity contribution is 0.598. The van der Waals surface area contributed by atoms with E-state index in [2.05, 4.69) is 4.40 Å². The first kappa shape index (κ1) is 11.6. The maximum atomic E-state index is 11.5. The fourth-order valence-electron chi connectivity index (χ4n) is 0.777. The molecule has 0 fully saturated rings. The molecular formula is C8H8ClNO2S2. The quantitative estimate of drug-likeness (QED) is 0.597. The number of hydrogen-bond donors (Lipinski definition) is 0. The van der Waals surface area contributed by atoms with Gasteiger partial charge in [-0.05, 0) is 18.4 Å². The Labute approximate surface area is 92.2 Å². The molecule has 0 atom stereocenters. The molecule has 6 heteroatoms. The second-order valence-corrected chi connectivity index (χ2v) is 5.32. The molecule has 1 rings (SSSR count). The molecule has 76 valence electrons. The summed E-state index contributed by atoms with van der Waals surface area (Å²) < 4.78 is 26.5. The van der Waals surface area contributed by atoms with E-state index in [9.17, 15) is 8.42 Å². The van der Waals surface area contributed by atoms with Crippen LogP contribution in [0, 0.1) is 0 Å². The van der Waals surface area contributed by atoms with Gasteiger partial charge in [0, 0.05) is 0 Å². The predicted octanol–water partition coefficient (Wildman–Crippen LogP) is 2.33. The van der Waals surface area contributed by atoms with E-state index in [1.807, 2.05) is 0 Å². The Morgan fingerprint density at radius 2 is 1.93 bits per heavy atom. The zero-order valence-electron chi connectivity index (χ0n) is 7.34. The SMILES string of the molecule is CSC(Cl)=NS(=O)(=O)c1ccccc1. The lowest BCUT2D eigenvalue weighted by atomic mass is 10.4. The number of thioether (sulfide) groups is 1. The van der Waals surface area contributed by atoms with Crippen LogP contribution in [0.2, 0.25) is 0 Å². The van der Waals surface area contributed by atoms with Crippen molar-refractivity contribution in [2.24, 2.45) is 4.40 Å². The molecule has 0 aliphatic rings. The lowest BCUT2D eigenvalue weighted by Gasteiger charge is -1.97. The zero-order valence-corrected chi connectivity index (χ0v) is 9.73. The third kappa shape index (κ3) is 3.01. The van der Waals surface area contributed by atoms with Gasteiger partial charge in [0.25, 0.3) is 10.0 Å². The summed E-state index contributed by atoms with van der Waals surface area (Å²) in [5, 5.41) is 0. The van der Waals surface area contributed by atoms with Gasteiger partial charge in [-0.1, -0.05) is 41.6 Å². The summed E-state index contributed by atoms with van der Waals surface area (Å²) in [6.45, 7) is 0. The topological polar surface area (TPSA) is 46.5 Å². The van der Waals surface area contributed by atoms with Gasteiger partial charge in [-0.15, -0.1) is 4.40 Å². The summed E-state index contributed by atoms with van der Waals surface area (Å²) in [6.07, 6.45) is 1.66. The second-order valence-electron chi connectivity index (χ2n) is 2.34. The first-order valence-electron chi connectivity index (χ1n) is 3.66. The highest BCUT2D eigenvalue weighted by Gasteiger charge is 2.12. The maximum absolute atomic E-state index is 11.5. The molecule has 14 heavy (non-hydrogen) atoms. The van der Waals surface area contributed by atoms with Crippen molar-refractivity contribution >= 4 is 37.9 Å². The summed E-state index contributed by atoms with van der Waals surface area (Å²) in [4.78, 5) is 0.146. The number of sulfonamides is 1. The smallest absolute Gasteiger partial charge is 0.199 e. The van der Waals surface area contributed by atoms with Gasteiger partial charge in [0.2, 0.25) is 0 Å². The van der Waals surface area contributed by atoms with E-state index in [0.717, 1.165) is 11.8 Å². The molecule has 0 bridgehead atoms. The van der Waals surface area contributed by atoms with E-state index in [1.165, 1.54) is 12.1 Å². The van der Waals surface area contributed by atoms with Gasteiger partial charge in [-0.25, -0.2) is 0 Å². The molecular weight excluding hydrogens is 242 g/mol. The summed E-state index contributed by atoms with van der Waals surface area (Å²) in [7, 11) is -3.64. The number of halogens is 1. The molecule has 0 aliphatic heterocycles. The van der Waals surface area contributed by atoms with Crippen molar-refractivity contribution in [2.45, 2.75) is 4.90 Å². The fourth-order valence-corrected chi connectivity index (χ4v) is 2.44. The molecule has 0 amide bonds. The minimum absolute atomic E-state index is 0.00820. The van der Waals surface area contributed by atoms with Crippen LogP contribution in [-0.2, 0) is 10.0 Å². The van der Waals surface area contributed by atoms with Gasteiger partial charge in [-0.2, -0.15) is 8.42 Å². The van der Waals surface area contributed by atoms with Crippen molar-refractivity contribution in [3.05, 3.63) is 30.3 Å². The number of rotatable bonds is 2. The highest BCUT2D eigenvalue weighted by Crippen LogP contribution is 2.14. The van der Waals surface area contributed by atoms with Crippen LogP contribution in [0.5, 0.6) is 0 Å². The van der Waals surface area contributed by atoms with Crippen molar-refractivity contribution in [1.82, 2.24) is 0 Å². The first-order chi connectivity index (χ1) is 6.56. The Kier molecular flexibility index (Phi) is 3.97. The summed E-state index contributed by atoms with van der Waals surface area (Å²) in [6, 6.07) is 7.95. The molecule has 3 nitrogen and oxygen atoms in total. The van der Waals surface area contributed by atoms with E-state index >= 15 is 0 Å². The Balaban J connectivity index is 3.11. The van der Waals surface area contributed by atoms with Crippen LogP contribution in [-0.4, -0.2) is 19.2 Å². The Bertz CT molecular complexity index is 428. The molecule has 1 aromatic rings. The van der Waals surface area contributed by atoms with Crippen molar-refractivity contribution in [3.8, 4) is 0 Å². The molecule has 0 aromatic heterocycles. The zero-order chi connectivity index (χ0) is 10.6. The van der Waals surface area contributed by atoms with Crippen LogP contribution in [0.4, 0.5) is 0 Å². The van der Waals surface area contributed by atoms with Crippen molar-refractivity contribution < 1.29 is 8.42 Å². The van der Waals surface area contributed by atoms with E-state index < -0.39 is 10.0 Å². The van der Waals surface area contributed by atoms with E-state index in [-0.39, 0.29) is 9.40 Å². The van der Waals surface area contributed by atoms with Gasteiger partial charge in [-0.3, -0.25) is 0 Å². The van der Waals surface area contributed by atoms with Gasteiger partial charge in [0.1, 0.15) is 0 Å². The monoisotopic (exact) mass is 249 g/mol. The Morgan fingerprint density at radius 3 is 2.43 bits per heavy atom. The lowest BCUT2D eigenvalue weighted by Crippen LogP contribution is -1.98. The minimum Gasteiger partial charge on any atom is -0.199 e. The Morgan fingerprint density at radius 1 is 1.36 bits per heavy atom. The van der Waals surface area contributed by atoms with Crippen LogP contribution in [0.3, 0.4) is 0 Å². The third-order valence-corrected chi connectivity index (χ3v) is 3.88. The molecule has 0 heterocycles. The van der Waals surface area contributed by atoms with Gasteiger partial charge < -0.3 is 0 Å². The van der Waals surface area contributed by atoms with Gasteiger partial charge >= 0.3 is 0 Å². The Hall–Kier alpha value is -0.520. The number of nitrogens with zero attached hydrogens (tertiary/aromatic N) is 1. The molecule has 0 radical (unpaired) electrons. The van der Waals surface area contributed by atoms with Crippen molar-refractivity contribution in [3.63, 3.8) is 0 Å². The summed E-state index contributed by atoms with van der Waals surface area (Å²) in [5.41, 5.74) is 0. The summed E-state index contributed by atoms with van der Waals surface area (Å²) in [5.74, 6) is 0. The molecule has 0 saturated carbocycles. The normalized spacial score (nSPS) is 12.9.